The van der Waals surface area contributed by atoms with Gasteiger partial charge in [0.1, 0.15) is 6.54 Å². The maximum absolute atomic E-state index is 12.7. The smallest absolute Gasteiger partial charge is 0.247 e. The average molecular weight is 372 g/mol. The zero-order valence-electron chi connectivity index (χ0n) is 15.9. The fraction of sp³-hybridized carbons (Fsp3) is 0.350. The van der Waals surface area contributed by atoms with Crippen molar-refractivity contribution in [1.29, 1.82) is 0 Å². The van der Waals surface area contributed by atoms with Crippen LogP contribution in [0.1, 0.15) is 36.9 Å². The third-order valence-electron chi connectivity index (χ3n) is 3.87. The summed E-state index contributed by atoms with van der Waals surface area (Å²) in [6, 6.07) is 9.59. The number of nitrogens with one attached hydrogen (secondary N) is 1. The molecule has 2 amide bonds. The summed E-state index contributed by atoms with van der Waals surface area (Å²) < 4.78 is 0. The minimum Gasteiger partial charge on any atom is -0.325 e. The predicted octanol–water partition coefficient (Wildman–Crippen LogP) is 4.04. The predicted molar refractivity (Wildman–Crippen MR) is 107 cm³/mol. The SMILES string of the molecule is Cc1nc(NC(=O)CN(C(=O)C=Cc2ccccc2)C(C)(C)C)sc1C. The van der Waals surface area contributed by atoms with Gasteiger partial charge in [0.2, 0.25) is 11.8 Å². The fourth-order valence-corrected chi connectivity index (χ4v) is 3.13. The second-order valence-electron chi connectivity index (χ2n) is 7.05. The molecule has 0 aliphatic rings. The number of carbonyl (C=O) groups excluding carboxylic acids is 2. The van der Waals surface area contributed by atoms with Gasteiger partial charge in [-0.15, -0.1) is 11.3 Å². The highest BCUT2D eigenvalue weighted by Crippen LogP contribution is 2.21. The molecule has 1 heterocycles. The van der Waals surface area contributed by atoms with Crippen molar-refractivity contribution in [3.63, 3.8) is 0 Å². The molecule has 5 nitrogen and oxygen atoms in total. The topological polar surface area (TPSA) is 62.3 Å². The van der Waals surface area contributed by atoms with E-state index >= 15 is 0 Å². The van der Waals surface area contributed by atoms with Gasteiger partial charge in [0.25, 0.3) is 0 Å². The van der Waals surface area contributed by atoms with E-state index in [9.17, 15) is 9.59 Å². The van der Waals surface area contributed by atoms with E-state index in [0.717, 1.165) is 16.1 Å². The zero-order chi connectivity index (χ0) is 19.3. The molecule has 26 heavy (non-hydrogen) atoms. The maximum atomic E-state index is 12.7. The van der Waals surface area contributed by atoms with Crippen molar-refractivity contribution >= 4 is 34.4 Å². The summed E-state index contributed by atoms with van der Waals surface area (Å²) >= 11 is 1.43. The Labute approximate surface area is 158 Å². The first-order chi connectivity index (χ1) is 12.2. The average Bonchev–Trinajstić information content (AvgIpc) is 2.88. The minimum absolute atomic E-state index is 0.0286. The Hall–Kier alpha value is -2.47. The second kappa shape index (κ2) is 8.27. The van der Waals surface area contributed by atoms with Gasteiger partial charge in [-0.1, -0.05) is 30.3 Å². The van der Waals surface area contributed by atoms with Crippen LogP contribution in [0.4, 0.5) is 5.13 Å². The number of carbonyl (C=O) groups is 2. The first-order valence-corrected chi connectivity index (χ1v) is 9.27. The van der Waals surface area contributed by atoms with Crippen molar-refractivity contribution in [2.75, 3.05) is 11.9 Å². The minimum atomic E-state index is -0.482. The summed E-state index contributed by atoms with van der Waals surface area (Å²) in [6.07, 6.45) is 3.26. The molecule has 0 spiro atoms. The lowest BCUT2D eigenvalue weighted by Gasteiger charge is -2.34. The number of aromatic nitrogens is 1. The Morgan fingerprint density at radius 1 is 1.19 bits per heavy atom. The number of anilines is 1. The molecule has 1 aromatic carbocycles. The summed E-state index contributed by atoms with van der Waals surface area (Å²) in [6.45, 7) is 9.56. The monoisotopic (exact) mass is 371 g/mol. The van der Waals surface area contributed by atoms with Gasteiger partial charge in [-0.3, -0.25) is 9.59 Å². The number of thiazole rings is 1. The fourth-order valence-electron chi connectivity index (χ4n) is 2.30. The molecular formula is C20H25N3O2S. The third-order valence-corrected chi connectivity index (χ3v) is 4.86. The van der Waals surface area contributed by atoms with Crippen LogP contribution in [0.3, 0.4) is 0 Å². The van der Waals surface area contributed by atoms with E-state index in [1.54, 1.807) is 11.0 Å². The molecule has 6 heteroatoms. The van der Waals surface area contributed by atoms with Crippen LogP contribution in [-0.2, 0) is 9.59 Å². The number of nitrogens with zero attached hydrogens (tertiary/aromatic N) is 2. The Kier molecular flexibility index (Phi) is 6.32. The number of benzene rings is 1. The normalized spacial score (nSPS) is 11.6. The highest BCUT2D eigenvalue weighted by Gasteiger charge is 2.27. The zero-order valence-corrected chi connectivity index (χ0v) is 16.7. The van der Waals surface area contributed by atoms with E-state index in [0.29, 0.717) is 5.13 Å². The van der Waals surface area contributed by atoms with Crippen molar-refractivity contribution in [3.8, 4) is 0 Å². The van der Waals surface area contributed by atoms with Gasteiger partial charge >= 0.3 is 0 Å². The number of amides is 2. The maximum Gasteiger partial charge on any atom is 0.247 e. The molecule has 1 N–H and O–H groups in total. The van der Waals surface area contributed by atoms with Crippen molar-refractivity contribution < 1.29 is 9.59 Å². The summed E-state index contributed by atoms with van der Waals surface area (Å²) in [5.74, 6) is -0.460. The van der Waals surface area contributed by atoms with E-state index in [-0.39, 0.29) is 18.4 Å². The Balaban J connectivity index is 2.08. The Morgan fingerprint density at radius 3 is 2.38 bits per heavy atom. The molecule has 0 fully saturated rings. The van der Waals surface area contributed by atoms with E-state index in [1.165, 1.54) is 17.4 Å². The molecule has 0 aliphatic heterocycles. The molecule has 0 atom stereocenters. The number of hydrogen-bond acceptors (Lipinski definition) is 4. The summed E-state index contributed by atoms with van der Waals surface area (Å²) in [7, 11) is 0. The molecule has 0 bridgehead atoms. The van der Waals surface area contributed by atoms with Crippen molar-refractivity contribution in [2.45, 2.75) is 40.2 Å². The quantitative estimate of drug-likeness (QED) is 0.807. The van der Waals surface area contributed by atoms with E-state index in [1.807, 2.05) is 65.0 Å². The standard InChI is InChI=1S/C20H25N3O2S/c1-14-15(2)26-19(21-14)22-17(24)13-23(20(3,4)5)18(25)12-11-16-9-7-6-8-10-16/h6-12H,13H2,1-5H3,(H,21,22,24). The molecule has 1 aromatic heterocycles. The molecule has 0 radical (unpaired) electrons. The molecule has 138 valence electrons. The van der Waals surface area contributed by atoms with Crippen molar-refractivity contribution in [2.24, 2.45) is 0 Å². The largest absolute Gasteiger partial charge is 0.325 e. The number of hydrogen-bond donors (Lipinski definition) is 1. The molecule has 0 saturated carbocycles. The van der Waals surface area contributed by atoms with Crippen LogP contribution in [0.25, 0.3) is 6.08 Å². The van der Waals surface area contributed by atoms with Crippen LogP contribution in [0.2, 0.25) is 0 Å². The van der Waals surface area contributed by atoms with Gasteiger partial charge < -0.3 is 10.2 Å². The van der Waals surface area contributed by atoms with Gasteiger partial charge in [0.05, 0.1) is 5.69 Å². The van der Waals surface area contributed by atoms with Crippen molar-refractivity contribution in [3.05, 3.63) is 52.5 Å². The van der Waals surface area contributed by atoms with Gasteiger partial charge in [-0.25, -0.2) is 4.98 Å². The molecule has 2 rings (SSSR count). The Morgan fingerprint density at radius 2 is 1.85 bits per heavy atom. The lowest BCUT2D eigenvalue weighted by molar-refractivity contribution is -0.135. The van der Waals surface area contributed by atoms with Crippen molar-refractivity contribution in [1.82, 2.24) is 9.88 Å². The molecule has 0 aliphatic carbocycles. The number of rotatable bonds is 5. The highest BCUT2D eigenvalue weighted by molar-refractivity contribution is 7.15. The Bertz CT molecular complexity index is 785. The van der Waals surface area contributed by atoms with E-state index < -0.39 is 5.54 Å². The third kappa shape index (κ3) is 5.52. The van der Waals surface area contributed by atoms with Crippen LogP contribution < -0.4 is 5.32 Å². The van der Waals surface area contributed by atoms with Crippen LogP contribution in [-0.4, -0.2) is 33.8 Å². The summed E-state index contributed by atoms with van der Waals surface area (Å²) in [4.78, 5) is 32.0. The van der Waals surface area contributed by atoms with Crippen LogP contribution in [0.5, 0.6) is 0 Å². The van der Waals surface area contributed by atoms with Crippen LogP contribution in [0, 0.1) is 13.8 Å². The number of aryl methyl sites for hydroxylation is 2. The highest BCUT2D eigenvalue weighted by atomic mass is 32.1. The molecule has 2 aromatic rings. The molecule has 0 saturated heterocycles. The summed E-state index contributed by atoms with van der Waals surface area (Å²) in [5.41, 5.74) is 1.36. The first-order valence-electron chi connectivity index (χ1n) is 8.45. The molecule has 0 unspecified atom stereocenters. The first kappa shape index (κ1) is 19.8. The van der Waals surface area contributed by atoms with Gasteiger partial charge in [0, 0.05) is 16.5 Å². The van der Waals surface area contributed by atoms with E-state index in [2.05, 4.69) is 10.3 Å². The summed E-state index contributed by atoms with van der Waals surface area (Å²) in [5, 5.41) is 3.35. The van der Waals surface area contributed by atoms with Crippen LogP contribution >= 0.6 is 11.3 Å². The van der Waals surface area contributed by atoms with Gasteiger partial charge in [-0.2, -0.15) is 0 Å². The lowest BCUT2D eigenvalue weighted by atomic mass is 10.1. The van der Waals surface area contributed by atoms with Gasteiger partial charge in [0.15, 0.2) is 5.13 Å². The van der Waals surface area contributed by atoms with E-state index in [4.69, 9.17) is 0 Å². The second-order valence-corrected chi connectivity index (χ2v) is 8.25. The molecular weight excluding hydrogens is 346 g/mol. The van der Waals surface area contributed by atoms with Gasteiger partial charge in [-0.05, 0) is 46.3 Å². The van der Waals surface area contributed by atoms with Crippen LogP contribution in [0.15, 0.2) is 36.4 Å². The lowest BCUT2D eigenvalue weighted by Crippen LogP contribution is -2.48.